The molecule has 0 fully saturated rings. The zero-order chi connectivity index (χ0) is 17.9. The Morgan fingerprint density at radius 2 is 2.04 bits per heavy atom. The fourth-order valence-corrected chi connectivity index (χ4v) is 4.02. The summed E-state index contributed by atoms with van der Waals surface area (Å²) in [5, 5.41) is 12.5. The van der Waals surface area contributed by atoms with E-state index < -0.39 is 0 Å². The largest absolute Gasteiger partial charge is 0.295 e. The molecule has 4 rings (SSSR count). The molecule has 0 aliphatic rings. The van der Waals surface area contributed by atoms with Crippen LogP contribution in [0.4, 0.5) is 5.95 Å². The van der Waals surface area contributed by atoms with Crippen LogP contribution < -0.4 is 5.32 Å². The minimum absolute atomic E-state index is 0.134. The van der Waals surface area contributed by atoms with Crippen LogP contribution in [0.15, 0.2) is 48.8 Å². The van der Waals surface area contributed by atoms with Gasteiger partial charge in [0, 0.05) is 11.3 Å². The third-order valence-corrected chi connectivity index (χ3v) is 5.31. The second-order valence-electron chi connectivity index (χ2n) is 5.99. The average Bonchev–Trinajstić information content (AvgIpc) is 3.25. The van der Waals surface area contributed by atoms with E-state index in [-0.39, 0.29) is 12.3 Å². The zero-order valence-corrected chi connectivity index (χ0v) is 15.0. The number of nitrogens with one attached hydrogen (secondary N) is 2. The summed E-state index contributed by atoms with van der Waals surface area (Å²) >= 11 is 1.59. The van der Waals surface area contributed by atoms with E-state index in [1.165, 1.54) is 22.7 Å². The number of amides is 1. The molecule has 0 saturated heterocycles. The molecule has 2 heterocycles. The van der Waals surface area contributed by atoms with E-state index in [9.17, 15) is 4.79 Å². The summed E-state index contributed by atoms with van der Waals surface area (Å²) < 4.78 is 0. The fourth-order valence-electron chi connectivity index (χ4n) is 2.93. The lowest BCUT2D eigenvalue weighted by atomic mass is 10.0. The fraction of sp³-hybridized carbons (Fsp3) is 0.158. The van der Waals surface area contributed by atoms with Crippen molar-refractivity contribution >= 4 is 34.0 Å². The van der Waals surface area contributed by atoms with E-state index in [2.05, 4.69) is 61.9 Å². The molecule has 0 spiro atoms. The van der Waals surface area contributed by atoms with Gasteiger partial charge in [-0.2, -0.15) is 10.1 Å². The molecule has 0 aliphatic carbocycles. The lowest BCUT2D eigenvalue weighted by molar-refractivity contribution is -0.115. The Labute approximate surface area is 154 Å². The second-order valence-corrected chi connectivity index (χ2v) is 7.16. The monoisotopic (exact) mass is 363 g/mol. The van der Waals surface area contributed by atoms with Gasteiger partial charge in [-0.1, -0.05) is 42.5 Å². The number of aromatic nitrogens is 4. The Balaban J connectivity index is 1.52. The van der Waals surface area contributed by atoms with E-state index >= 15 is 0 Å². The number of thiazole rings is 1. The Bertz CT molecular complexity index is 1050. The predicted molar refractivity (Wildman–Crippen MR) is 102 cm³/mol. The third-order valence-electron chi connectivity index (χ3n) is 4.15. The first-order valence-corrected chi connectivity index (χ1v) is 9.08. The highest BCUT2D eigenvalue weighted by molar-refractivity contribution is 7.11. The molecule has 0 saturated carbocycles. The van der Waals surface area contributed by atoms with E-state index in [4.69, 9.17) is 0 Å². The predicted octanol–water partition coefficient (Wildman–Crippen LogP) is 3.49. The molecular weight excluding hydrogens is 346 g/mol. The maximum absolute atomic E-state index is 12.2. The number of fused-ring (bicyclic) bond motifs is 1. The summed E-state index contributed by atoms with van der Waals surface area (Å²) in [7, 11) is 0. The SMILES string of the molecule is Cc1nc(Cc2cccc3ccccc23)sc1CC(=O)Nc1ncn[nH]1. The second kappa shape index (κ2) is 7.05. The highest BCUT2D eigenvalue weighted by Gasteiger charge is 2.14. The van der Waals surface area contributed by atoms with Crippen molar-refractivity contribution in [1.29, 1.82) is 0 Å². The lowest BCUT2D eigenvalue weighted by Gasteiger charge is -2.04. The summed E-state index contributed by atoms with van der Waals surface area (Å²) in [6, 6.07) is 14.7. The van der Waals surface area contributed by atoms with Crippen molar-refractivity contribution in [2.24, 2.45) is 0 Å². The number of nitrogens with zero attached hydrogens (tertiary/aromatic N) is 3. The van der Waals surface area contributed by atoms with Gasteiger partial charge in [0.2, 0.25) is 11.9 Å². The smallest absolute Gasteiger partial charge is 0.232 e. The average molecular weight is 363 g/mol. The molecule has 0 aliphatic heterocycles. The summed E-state index contributed by atoms with van der Waals surface area (Å²) in [5.74, 6) is 0.221. The first-order valence-electron chi connectivity index (χ1n) is 8.26. The van der Waals surface area contributed by atoms with Crippen LogP contribution in [0, 0.1) is 6.92 Å². The number of hydrogen-bond acceptors (Lipinski definition) is 5. The first kappa shape index (κ1) is 16.4. The first-order chi connectivity index (χ1) is 12.7. The molecule has 2 aromatic carbocycles. The molecular formula is C19H17N5OS. The molecule has 4 aromatic rings. The van der Waals surface area contributed by atoms with Gasteiger partial charge in [0.1, 0.15) is 6.33 Å². The van der Waals surface area contributed by atoms with Crippen LogP contribution in [-0.2, 0) is 17.6 Å². The van der Waals surface area contributed by atoms with Gasteiger partial charge in [-0.25, -0.2) is 10.1 Å². The minimum Gasteiger partial charge on any atom is -0.295 e. The van der Waals surface area contributed by atoms with Crippen LogP contribution in [0.5, 0.6) is 0 Å². The number of anilines is 1. The molecule has 2 aromatic heterocycles. The standard InChI is InChI=1S/C19H17N5OS/c1-12-16(10-17(25)23-19-20-11-21-24-19)26-18(22-12)9-14-7-4-6-13-5-2-3-8-15(13)14/h2-8,11H,9-10H2,1H3,(H2,20,21,23,24,25). The quantitative estimate of drug-likeness (QED) is 0.568. The van der Waals surface area contributed by atoms with Crippen LogP contribution in [0.2, 0.25) is 0 Å². The Morgan fingerprint density at radius 3 is 2.88 bits per heavy atom. The molecule has 0 atom stereocenters. The Kier molecular flexibility index (Phi) is 4.45. The molecule has 0 unspecified atom stereocenters. The van der Waals surface area contributed by atoms with Crippen LogP contribution in [0.1, 0.15) is 21.1 Å². The van der Waals surface area contributed by atoms with Gasteiger partial charge in [0.05, 0.1) is 17.1 Å². The highest BCUT2D eigenvalue weighted by atomic mass is 32.1. The van der Waals surface area contributed by atoms with Gasteiger partial charge < -0.3 is 0 Å². The zero-order valence-electron chi connectivity index (χ0n) is 14.2. The van der Waals surface area contributed by atoms with Crippen molar-refractivity contribution in [3.63, 3.8) is 0 Å². The minimum atomic E-state index is -0.134. The number of rotatable bonds is 5. The Hall–Kier alpha value is -3.06. The van der Waals surface area contributed by atoms with Crippen LogP contribution in [-0.4, -0.2) is 26.1 Å². The molecule has 0 radical (unpaired) electrons. The van der Waals surface area contributed by atoms with E-state index in [1.807, 2.05) is 13.0 Å². The summed E-state index contributed by atoms with van der Waals surface area (Å²) in [6.07, 6.45) is 2.40. The third kappa shape index (κ3) is 3.48. The van der Waals surface area contributed by atoms with Crippen molar-refractivity contribution in [3.8, 4) is 0 Å². The van der Waals surface area contributed by atoms with Crippen molar-refractivity contribution < 1.29 is 4.79 Å². The summed E-state index contributed by atoms with van der Waals surface area (Å²) in [5.41, 5.74) is 2.15. The Morgan fingerprint density at radius 1 is 1.19 bits per heavy atom. The maximum Gasteiger partial charge on any atom is 0.232 e. The van der Waals surface area contributed by atoms with Gasteiger partial charge in [-0.3, -0.25) is 10.1 Å². The number of H-pyrrole nitrogens is 1. The number of benzene rings is 2. The van der Waals surface area contributed by atoms with Gasteiger partial charge >= 0.3 is 0 Å². The number of carbonyl (C=O) groups excluding carboxylic acids is 1. The van der Waals surface area contributed by atoms with E-state index in [1.54, 1.807) is 11.3 Å². The van der Waals surface area contributed by atoms with Crippen molar-refractivity contribution in [2.75, 3.05) is 5.32 Å². The molecule has 1 amide bonds. The summed E-state index contributed by atoms with van der Waals surface area (Å²) in [4.78, 5) is 21.7. The van der Waals surface area contributed by atoms with Crippen LogP contribution in [0.25, 0.3) is 10.8 Å². The number of carbonyl (C=O) groups is 1. The molecule has 26 heavy (non-hydrogen) atoms. The van der Waals surface area contributed by atoms with E-state index in [0.29, 0.717) is 5.95 Å². The van der Waals surface area contributed by atoms with Crippen molar-refractivity contribution in [2.45, 2.75) is 19.8 Å². The number of aryl methyl sites for hydroxylation is 1. The van der Waals surface area contributed by atoms with Gasteiger partial charge in [-0.05, 0) is 23.3 Å². The van der Waals surface area contributed by atoms with Gasteiger partial charge in [0.25, 0.3) is 0 Å². The highest BCUT2D eigenvalue weighted by Crippen LogP contribution is 2.25. The number of aromatic amines is 1. The topological polar surface area (TPSA) is 83.6 Å². The summed E-state index contributed by atoms with van der Waals surface area (Å²) in [6.45, 7) is 1.94. The van der Waals surface area contributed by atoms with Gasteiger partial charge in [0.15, 0.2) is 0 Å². The van der Waals surface area contributed by atoms with Crippen LogP contribution in [0.3, 0.4) is 0 Å². The normalized spacial score (nSPS) is 11.0. The number of hydrogen-bond donors (Lipinski definition) is 2. The molecule has 6 nitrogen and oxygen atoms in total. The lowest BCUT2D eigenvalue weighted by Crippen LogP contribution is -2.15. The van der Waals surface area contributed by atoms with Crippen molar-refractivity contribution in [1.82, 2.24) is 20.2 Å². The molecule has 0 bridgehead atoms. The molecule has 130 valence electrons. The molecule has 7 heteroatoms. The van der Waals surface area contributed by atoms with E-state index in [0.717, 1.165) is 22.0 Å². The van der Waals surface area contributed by atoms with Crippen molar-refractivity contribution in [3.05, 3.63) is 69.9 Å². The molecule has 2 N–H and O–H groups in total. The maximum atomic E-state index is 12.2. The van der Waals surface area contributed by atoms with Gasteiger partial charge in [-0.15, -0.1) is 11.3 Å². The van der Waals surface area contributed by atoms with Crippen LogP contribution >= 0.6 is 11.3 Å².